The number of aromatic nitrogens is 2. The van der Waals surface area contributed by atoms with Gasteiger partial charge in [-0.25, -0.2) is 9.18 Å². The Morgan fingerprint density at radius 3 is 2.48 bits per heavy atom. The van der Waals surface area contributed by atoms with Crippen LogP contribution in [0.3, 0.4) is 0 Å². The van der Waals surface area contributed by atoms with Gasteiger partial charge >= 0.3 is 6.09 Å². The first kappa shape index (κ1) is 27.7. The van der Waals surface area contributed by atoms with E-state index in [-0.39, 0.29) is 17.7 Å². The van der Waals surface area contributed by atoms with Gasteiger partial charge < -0.3 is 23.7 Å². The monoisotopic (exact) mass is 553 g/mol. The van der Waals surface area contributed by atoms with Crippen molar-refractivity contribution >= 4 is 28.8 Å². The van der Waals surface area contributed by atoms with Gasteiger partial charge in [-0.1, -0.05) is 0 Å². The highest BCUT2D eigenvalue weighted by atomic mass is 19.1. The largest absolute Gasteiger partial charge is 0.496 e. The summed E-state index contributed by atoms with van der Waals surface area (Å²) in [6, 6.07) is 7.79. The summed E-state index contributed by atoms with van der Waals surface area (Å²) in [5.74, 6) is 1.08. The van der Waals surface area contributed by atoms with E-state index in [1.807, 2.05) is 32.7 Å². The normalized spacial score (nSPS) is 22.4. The van der Waals surface area contributed by atoms with Crippen molar-refractivity contribution in [2.24, 2.45) is 0 Å². The average molecular weight is 554 g/mol. The fourth-order valence-corrected chi connectivity index (χ4v) is 5.68. The predicted octanol–water partition coefficient (Wildman–Crippen LogP) is 4.91. The van der Waals surface area contributed by atoms with Gasteiger partial charge in [0.1, 0.15) is 23.1 Å². The molecule has 0 saturated carbocycles. The number of carbonyl (C=O) groups is 2. The topological polar surface area (TPSA) is 101 Å². The maximum atomic E-state index is 15.8. The van der Waals surface area contributed by atoms with Gasteiger partial charge in [0.2, 0.25) is 0 Å². The Morgan fingerprint density at radius 2 is 1.85 bits per heavy atom. The maximum absolute atomic E-state index is 15.8. The molecule has 10 nitrogen and oxygen atoms in total. The van der Waals surface area contributed by atoms with Crippen LogP contribution < -0.4 is 9.64 Å². The molecule has 0 N–H and O–H groups in total. The fraction of sp³-hybridized carbons (Fsp3) is 0.517. The van der Waals surface area contributed by atoms with Crippen molar-refractivity contribution in [1.29, 1.82) is 0 Å². The Balaban J connectivity index is 1.36. The highest BCUT2D eigenvalue weighted by Gasteiger charge is 2.52. The summed E-state index contributed by atoms with van der Waals surface area (Å²) < 4.78 is 32.8. The molecule has 2 amide bonds. The predicted molar refractivity (Wildman–Crippen MR) is 148 cm³/mol. The smallest absolute Gasteiger partial charge is 0.410 e. The van der Waals surface area contributed by atoms with Crippen LogP contribution >= 0.6 is 0 Å². The molecule has 2 aromatic heterocycles. The molecule has 2 saturated heterocycles. The van der Waals surface area contributed by atoms with Crippen LogP contribution in [0.2, 0.25) is 0 Å². The van der Waals surface area contributed by atoms with Crippen molar-refractivity contribution in [2.75, 3.05) is 33.2 Å². The van der Waals surface area contributed by atoms with Gasteiger partial charge in [-0.2, -0.15) is 0 Å². The van der Waals surface area contributed by atoms with Crippen LogP contribution in [0.5, 0.6) is 5.75 Å². The molecule has 5 rings (SSSR count). The van der Waals surface area contributed by atoms with Gasteiger partial charge in [0, 0.05) is 38.1 Å². The molecular weight excluding hydrogens is 517 g/mol. The number of piperidine rings is 1. The Bertz CT molecular complexity index is 1420. The maximum Gasteiger partial charge on any atom is 0.410 e. The molecule has 2 bridgehead atoms. The third kappa shape index (κ3) is 5.04. The van der Waals surface area contributed by atoms with Crippen LogP contribution in [0.15, 0.2) is 34.7 Å². The lowest BCUT2D eigenvalue weighted by atomic mass is 9.94. The zero-order chi connectivity index (χ0) is 28.9. The van der Waals surface area contributed by atoms with E-state index < -0.39 is 29.9 Å². The van der Waals surface area contributed by atoms with Crippen LogP contribution in [0, 0.1) is 0 Å². The van der Waals surface area contributed by atoms with Crippen LogP contribution in [-0.2, 0) is 4.74 Å². The number of furan rings is 1. The number of carbonyl (C=O) groups excluding carboxylic acids is 2. The second-order valence-electron chi connectivity index (χ2n) is 11.7. The molecule has 1 aromatic carbocycles. The molecule has 0 spiro atoms. The van der Waals surface area contributed by atoms with Crippen molar-refractivity contribution in [3.63, 3.8) is 0 Å². The number of rotatable bonds is 5. The summed E-state index contributed by atoms with van der Waals surface area (Å²) in [7, 11) is 6.69. The molecular formula is C29H36FN5O5. The van der Waals surface area contributed by atoms with Crippen LogP contribution in [-0.4, -0.2) is 90.1 Å². The first-order chi connectivity index (χ1) is 18.9. The molecule has 0 unspecified atom stereocenters. The van der Waals surface area contributed by atoms with E-state index in [9.17, 15) is 9.59 Å². The molecule has 0 aliphatic carbocycles. The number of amides is 2. The number of fused-ring (bicyclic) bond motifs is 3. The number of hydrogen-bond donors (Lipinski definition) is 0. The summed E-state index contributed by atoms with van der Waals surface area (Å²) in [6.45, 7) is 5.44. The van der Waals surface area contributed by atoms with Gasteiger partial charge in [-0.3, -0.25) is 9.69 Å². The summed E-state index contributed by atoms with van der Waals surface area (Å²) >= 11 is 0. The Hall–Kier alpha value is -3.89. The van der Waals surface area contributed by atoms with Crippen LogP contribution in [0.25, 0.3) is 22.2 Å². The Kier molecular flexibility index (Phi) is 7.09. The number of benzene rings is 1. The van der Waals surface area contributed by atoms with E-state index in [1.165, 1.54) is 4.90 Å². The fourth-order valence-electron chi connectivity index (χ4n) is 5.68. The first-order valence-electron chi connectivity index (χ1n) is 13.4. The van der Waals surface area contributed by atoms with Gasteiger partial charge in [0.05, 0.1) is 24.9 Å². The third-order valence-electron chi connectivity index (χ3n) is 7.64. The van der Waals surface area contributed by atoms with Crippen LogP contribution in [0.1, 0.15) is 50.6 Å². The SMILES string of the molecule is COc1cc2cc(C(=O)N(C)C)oc2cc1-c1ccc(N(C)[C@@H]2C[C@H]3CC[C@@H]([C@@H]2F)N3C(=O)OC(C)(C)C)nn1. The lowest BCUT2D eigenvalue weighted by molar-refractivity contribution is -0.0104. The van der Waals surface area contributed by atoms with Crippen molar-refractivity contribution in [3.05, 3.63) is 36.1 Å². The van der Waals surface area contributed by atoms with Gasteiger partial charge in [0.15, 0.2) is 11.6 Å². The van der Waals surface area contributed by atoms with Crippen molar-refractivity contribution in [3.8, 4) is 17.0 Å². The minimum absolute atomic E-state index is 0.0833. The minimum atomic E-state index is -1.25. The second-order valence-corrected chi connectivity index (χ2v) is 11.7. The number of halogens is 1. The van der Waals surface area contributed by atoms with Crippen molar-refractivity contribution in [1.82, 2.24) is 20.0 Å². The number of nitrogens with zero attached hydrogens (tertiary/aromatic N) is 5. The molecule has 40 heavy (non-hydrogen) atoms. The summed E-state index contributed by atoms with van der Waals surface area (Å²) in [5, 5.41) is 9.56. The zero-order valence-electron chi connectivity index (χ0n) is 24.0. The van der Waals surface area contributed by atoms with E-state index in [4.69, 9.17) is 13.9 Å². The molecule has 11 heteroatoms. The quantitative estimate of drug-likeness (QED) is 0.439. The summed E-state index contributed by atoms with van der Waals surface area (Å²) in [6.07, 6.45) is 0.132. The number of alkyl halides is 1. The number of ether oxygens (including phenoxy) is 2. The van der Waals surface area contributed by atoms with Gasteiger partial charge in [0.25, 0.3) is 5.91 Å². The summed E-state index contributed by atoms with van der Waals surface area (Å²) in [4.78, 5) is 30.0. The van der Waals surface area contributed by atoms with Gasteiger partial charge in [-0.15, -0.1) is 10.2 Å². The standard InChI is InChI=1S/C29H36FN5O5/c1-29(2,3)40-28(37)35-17-8-10-20(35)26(30)21(14-17)34(6)25-11-9-19(31-32-25)18-15-22-16(12-23(18)38-7)13-24(39-22)27(36)33(4)5/h9,11-13,15,17,20-21,26H,8,10,14H2,1-7H3/t17-,20+,21-,26+/m1/s1. The Morgan fingerprint density at radius 1 is 1.10 bits per heavy atom. The minimum Gasteiger partial charge on any atom is -0.496 e. The molecule has 4 heterocycles. The lowest BCUT2D eigenvalue weighted by Gasteiger charge is -2.44. The van der Waals surface area contributed by atoms with E-state index >= 15 is 4.39 Å². The highest BCUT2D eigenvalue weighted by molar-refractivity contribution is 5.97. The van der Waals surface area contributed by atoms with Crippen molar-refractivity contribution < 1.29 is 27.9 Å². The number of anilines is 1. The number of hydrogen-bond acceptors (Lipinski definition) is 8. The molecule has 214 valence electrons. The average Bonchev–Trinajstić information content (AvgIpc) is 3.48. The zero-order valence-corrected chi connectivity index (χ0v) is 24.0. The molecule has 4 atom stereocenters. The Labute approximate surface area is 233 Å². The first-order valence-corrected chi connectivity index (χ1v) is 13.4. The number of methoxy groups -OCH3 is 1. The highest BCUT2D eigenvalue weighted by Crippen LogP contribution is 2.41. The molecule has 2 aliphatic heterocycles. The van der Waals surface area contributed by atoms with Gasteiger partial charge in [-0.05, 0) is 70.4 Å². The van der Waals surface area contributed by atoms with E-state index in [2.05, 4.69) is 10.2 Å². The summed E-state index contributed by atoms with van der Waals surface area (Å²) in [5.41, 5.74) is 1.09. The van der Waals surface area contributed by atoms with Crippen LogP contribution in [0.4, 0.5) is 15.0 Å². The molecule has 2 aliphatic rings. The lowest BCUT2D eigenvalue weighted by Crippen LogP contribution is -2.59. The molecule has 0 radical (unpaired) electrons. The third-order valence-corrected chi connectivity index (χ3v) is 7.64. The molecule has 3 aromatic rings. The van der Waals surface area contributed by atoms with E-state index in [1.54, 1.807) is 56.4 Å². The van der Waals surface area contributed by atoms with E-state index in [0.29, 0.717) is 41.2 Å². The van der Waals surface area contributed by atoms with Crippen molar-refractivity contribution in [2.45, 2.75) is 69.9 Å². The molecule has 2 fully saturated rings. The second kappa shape index (κ2) is 10.3. The van der Waals surface area contributed by atoms with E-state index in [0.717, 1.165) is 11.8 Å².